The van der Waals surface area contributed by atoms with E-state index in [1.54, 1.807) is 12.0 Å². The van der Waals surface area contributed by atoms with E-state index in [0.717, 1.165) is 37.1 Å². The number of piperazine rings is 1. The minimum atomic E-state index is -0.447. The first-order chi connectivity index (χ1) is 12.2. The molecule has 1 aliphatic carbocycles. The van der Waals surface area contributed by atoms with E-state index in [0.29, 0.717) is 26.2 Å². The Balaban J connectivity index is 1.52. The number of nitrogens with one attached hydrogen (secondary N) is 1. The lowest BCUT2D eigenvalue weighted by Gasteiger charge is -2.36. The summed E-state index contributed by atoms with van der Waals surface area (Å²) in [5.41, 5.74) is 1.03. The number of benzene rings is 1. The average molecular weight is 345 g/mol. The van der Waals surface area contributed by atoms with Crippen molar-refractivity contribution in [3.8, 4) is 5.75 Å². The van der Waals surface area contributed by atoms with Gasteiger partial charge in [-0.25, -0.2) is 0 Å². The number of nitrogens with zero attached hydrogens (tertiary/aromatic N) is 2. The molecular formula is C19H27N3O3. The standard InChI is InChI=1S/C19H27N3O3/c1-25-17-10-6-5-9-16(17)21-11-13-22(14-12-21)19(24)18(23)20-15-7-3-2-4-8-15/h5-6,9-10,15H,2-4,7-8,11-14H2,1H3,(H,20,23). The van der Waals surface area contributed by atoms with Gasteiger partial charge >= 0.3 is 11.8 Å². The zero-order chi connectivity index (χ0) is 17.6. The first-order valence-electron chi connectivity index (χ1n) is 9.17. The lowest BCUT2D eigenvalue weighted by Crippen LogP contribution is -2.54. The minimum absolute atomic E-state index is 0.167. The topological polar surface area (TPSA) is 61.9 Å². The lowest BCUT2D eigenvalue weighted by atomic mass is 9.95. The van der Waals surface area contributed by atoms with Gasteiger partial charge in [0, 0.05) is 32.2 Å². The highest BCUT2D eigenvalue weighted by Crippen LogP contribution is 2.28. The molecule has 2 aliphatic rings. The quantitative estimate of drug-likeness (QED) is 0.849. The first-order valence-corrected chi connectivity index (χ1v) is 9.17. The van der Waals surface area contributed by atoms with Crippen LogP contribution in [0.3, 0.4) is 0 Å². The van der Waals surface area contributed by atoms with Gasteiger partial charge < -0.3 is 19.9 Å². The van der Waals surface area contributed by atoms with Gasteiger partial charge in [-0.05, 0) is 25.0 Å². The number of rotatable bonds is 3. The molecule has 0 bridgehead atoms. The molecule has 25 heavy (non-hydrogen) atoms. The third-order valence-corrected chi connectivity index (χ3v) is 5.13. The number of ether oxygens (including phenoxy) is 1. The van der Waals surface area contributed by atoms with Crippen LogP contribution >= 0.6 is 0 Å². The van der Waals surface area contributed by atoms with Crippen molar-refractivity contribution in [3.63, 3.8) is 0 Å². The average Bonchev–Trinajstić information content (AvgIpc) is 2.68. The molecule has 2 amide bonds. The second kappa shape index (κ2) is 8.23. The van der Waals surface area contributed by atoms with Crippen LogP contribution in [0.1, 0.15) is 32.1 Å². The number of carbonyl (C=O) groups is 2. The predicted molar refractivity (Wildman–Crippen MR) is 96.8 cm³/mol. The van der Waals surface area contributed by atoms with E-state index in [2.05, 4.69) is 10.2 Å². The zero-order valence-corrected chi connectivity index (χ0v) is 14.9. The number of hydrogen-bond acceptors (Lipinski definition) is 4. The zero-order valence-electron chi connectivity index (χ0n) is 14.9. The number of para-hydroxylation sites is 2. The number of methoxy groups -OCH3 is 1. The van der Waals surface area contributed by atoms with Gasteiger partial charge in [0.15, 0.2) is 0 Å². The Labute approximate surface area is 149 Å². The van der Waals surface area contributed by atoms with E-state index in [9.17, 15) is 9.59 Å². The van der Waals surface area contributed by atoms with E-state index in [1.165, 1.54) is 6.42 Å². The summed E-state index contributed by atoms with van der Waals surface area (Å²) in [6, 6.07) is 8.04. The van der Waals surface area contributed by atoms with Crippen LogP contribution in [-0.2, 0) is 9.59 Å². The third kappa shape index (κ3) is 4.24. The Hall–Kier alpha value is -2.24. The van der Waals surface area contributed by atoms with E-state index >= 15 is 0 Å². The Morgan fingerprint density at radius 3 is 2.40 bits per heavy atom. The summed E-state index contributed by atoms with van der Waals surface area (Å²) in [5, 5.41) is 2.91. The van der Waals surface area contributed by atoms with Gasteiger partial charge in [-0.2, -0.15) is 0 Å². The van der Waals surface area contributed by atoms with Gasteiger partial charge in [-0.15, -0.1) is 0 Å². The maximum absolute atomic E-state index is 12.4. The Bertz CT molecular complexity index is 606. The fourth-order valence-corrected chi connectivity index (χ4v) is 3.68. The molecule has 1 N–H and O–H groups in total. The Morgan fingerprint density at radius 1 is 1.04 bits per heavy atom. The fraction of sp³-hybridized carbons (Fsp3) is 0.579. The summed E-state index contributed by atoms with van der Waals surface area (Å²) in [7, 11) is 1.66. The summed E-state index contributed by atoms with van der Waals surface area (Å²) in [4.78, 5) is 28.5. The molecule has 1 saturated heterocycles. The highest BCUT2D eigenvalue weighted by atomic mass is 16.5. The predicted octanol–water partition coefficient (Wildman–Crippen LogP) is 1.79. The number of amides is 2. The van der Waals surface area contributed by atoms with Gasteiger partial charge in [0.2, 0.25) is 0 Å². The van der Waals surface area contributed by atoms with Crippen molar-refractivity contribution in [2.45, 2.75) is 38.1 Å². The molecule has 1 aromatic rings. The Morgan fingerprint density at radius 2 is 1.72 bits per heavy atom. The molecular weight excluding hydrogens is 318 g/mol. The molecule has 6 nitrogen and oxygen atoms in total. The van der Waals surface area contributed by atoms with Gasteiger partial charge in [-0.3, -0.25) is 9.59 Å². The SMILES string of the molecule is COc1ccccc1N1CCN(C(=O)C(=O)NC2CCCCC2)CC1. The molecule has 1 aliphatic heterocycles. The number of hydrogen-bond donors (Lipinski definition) is 1. The van der Waals surface area contributed by atoms with Crippen LogP contribution in [0.4, 0.5) is 5.69 Å². The highest BCUT2D eigenvalue weighted by molar-refractivity contribution is 6.35. The molecule has 6 heteroatoms. The highest BCUT2D eigenvalue weighted by Gasteiger charge is 2.28. The van der Waals surface area contributed by atoms with E-state index in [1.807, 2.05) is 24.3 Å². The largest absolute Gasteiger partial charge is 0.495 e. The summed E-state index contributed by atoms with van der Waals surface area (Å²) >= 11 is 0. The van der Waals surface area contributed by atoms with Crippen LogP contribution in [-0.4, -0.2) is 56.0 Å². The molecule has 2 fully saturated rings. The van der Waals surface area contributed by atoms with Crippen molar-refractivity contribution in [3.05, 3.63) is 24.3 Å². The molecule has 136 valence electrons. The molecule has 1 aromatic carbocycles. The van der Waals surface area contributed by atoms with Crippen LogP contribution < -0.4 is 15.0 Å². The van der Waals surface area contributed by atoms with Crippen molar-refractivity contribution < 1.29 is 14.3 Å². The normalized spacial score (nSPS) is 18.8. The smallest absolute Gasteiger partial charge is 0.312 e. The van der Waals surface area contributed by atoms with E-state index < -0.39 is 11.8 Å². The molecule has 0 aromatic heterocycles. The second-order valence-corrected chi connectivity index (χ2v) is 6.76. The maximum Gasteiger partial charge on any atom is 0.312 e. The maximum atomic E-state index is 12.4. The molecule has 1 heterocycles. The van der Waals surface area contributed by atoms with Crippen LogP contribution in [0.25, 0.3) is 0 Å². The van der Waals surface area contributed by atoms with Crippen LogP contribution in [0.5, 0.6) is 5.75 Å². The number of anilines is 1. The van der Waals surface area contributed by atoms with Gasteiger partial charge in [0.1, 0.15) is 5.75 Å². The molecule has 1 saturated carbocycles. The van der Waals surface area contributed by atoms with Crippen molar-refractivity contribution in [2.24, 2.45) is 0 Å². The van der Waals surface area contributed by atoms with E-state index in [-0.39, 0.29) is 6.04 Å². The first kappa shape index (κ1) is 17.6. The van der Waals surface area contributed by atoms with Crippen LogP contribution in [0.2, 0.25) is 0 Å². The van der Waals surface area contributed by atoms with Crippen LogP contribution in [0.15, 0.2) is 24.3 Å². The monoisotopic (exact) mass is 345 g/mol. The summed E-state index contributed by atoms with van der Waals surface area (Å²) in [5.74, 6) is -0.0137. The molecule has 0 spiro atoms. The second-order valence-electron chi connectivity index (χ2n) is 6.76. The Kier molecular flexibility index (Phi) is 5.79. The molecule has 0 radical (unpaired) electrons. The summed E-state index contributed by atoms with van der Waals surface area (Å²) in [6.07, 6.45) is 5.47. The van der Waals surface area contributed by atoms with Crippen molar-refractivity contribution in [2.75, 3.05) is 38.2 Å². The lowest BCUT2D eigenvalue weighted by molar-refractivity contribution is -0.146. The molecule has 3 rings (SSSR count). The summed E-state index contributed by atoms with van der Waals surface area (Å²) in [6.45, 7) is 2.50. The number of carbonyl (C=O) groups excluding carboxylic acids is 2. The van der Waals surface area contributed by atoms with E-state index in [4.69, 9.17) is 4.74 Å². The summed E-state index contributed by atoms with van der Waals surface area (Å²) < 4.78 is 5.41. The minimum Gasteiger partial charge on any atom is -0.495 e. The van der Waals surface area contributed by atoms with Crippen molar-refractivity contribution in [1.82, 2.24) is 10.2 Å². The van der Waals surface area contributed by atoms with Gasteiger partial charge in [0.05, 0.1) is 12.8 Å². The van der Waals surface area contributed by atoms with Gasteiger partial charge in [-0.1, -0.05) is 31.4 Å². The van der Waals surface area contributed by atoms with Gasteiger partial charge in [0.25, 0.3) is 0 Å². The van der Waals surface area contributed by atoms with Crippen molar-refractivity contribution in [1.29, 1.82) is 0 Å². The van der Waals surface area contributed by atoms with Crippen LogP contribution in [0, 0.1) is 0 Å². The third-order valence-electron chi connectivity index (χ3n) is 5.13. The molecule has 0 unspecified atom stereocenters. The molecule has 0 atom stereocenters. The fourth-order valence-electron chi connectivity index (χ4n) is 3.68. The van der Waals surface area contributed by atoms with Crippen molar-refractivity contribution >= 4 is 17.5 Å².